The maximum atomic E-state index is 14.3. The van der Waals surface area contributed by atoms with Gasteiger partial charge in [0.2, 0.25) is 0 Å². The summed E-state index contributed by atoms with van der Waals surface area (Å²) in [6.45, 7) is 4.35. The highest BCUT2D eigenvalue weighted by Crippen LogP contribution is 2.42. The molecule has 0 nitrogen and oxygen atoms in total. The molecule has 1 saturated carbocycles. The molecule has 0 atom stereocenters. The quantitative estimate of drug-likeness (QED) is 0.255. The molecule has 2 fully saturated rings. The van der Waals surface area contributed by atoms with Crippen LogP contribution >= 0.6 is 0 Å². The summed E-state index contributed by atoms with van der Waals surface area (Å²) in [6, 6.07) is 8.31. The van der Waals surface area contributed by atoms with E-state index in [2.05, 4.69) is 6.92 Å². The van der Waals surface area contributed by atoms with Crippen LogP contribution in [0.4, 0.5) is 8.78 Å². The molecule has 0 amide bonds. The van der Waals surface area contributed by atoms with E-state index in [0.29, 0.717) is 24.0 Å². The predicted molar refractivity (Wildman–Crippen MR) is 127 cm³/mol. The number of hydrogen-bond donors (Lipinski definition) is 0. The largest absolute Gasteiger partial charge is 0.203 e. The van der Waals surface area contributed by atoms with E-state index in [9.17, 15) is 8.78 Å². The standard InChI is InChI=1S/C27H43F2Si/c1-3-7-24-14-15-25(27(29)26(24)28)9-6-5-8-21-10-12-22(13-11-21)23-16-19-30(18-4-2)20-17-23/h14-15,21-23H,3-13,16-20H2,1-2H3. The molecule has 1 saturated heterocycles. The first-order valence-electron chi connectivity index (χ1n) is 12.9. The van der Waals surface area contributed by atoms with Crippen LogP contribution in [-0.2, 0) is 12.8 Å². The van der Waals surface area contributed by atoms with Crippen LogP contribution in [0.2, 0.25) is 18.1 Å². The van der Waals surface area contributed by atoms with Gasteiger partial charge in [-0.1, -0.05) is 95.5 Å². The van der Waals surface area contributed by atoms with Crippen molar-refractivity contribution in [2.45, 2.75) is 115 Å². The number of rotatable bonds is 10. The molecule has 30 heavy (non-hydrogen) atoms. The lowest BCUT2D eigenvalue weighted by molar-refractivity contribution is 0.184. The van der Waals surface area contributed by atoms with Crippen molar-refractivity contribution in [3.63, 3.8) is 0 Å². The number of halogens is 2. The zero-order valence-corrected chi connectivity index (χ0v) is 20.5. The summed E-state index contributed by atoms with van der Waals surface area (Å²) in [4.78, 5) is 0. The molecule has 169 valence electrons. The van der Waals surface area contributed by atoms with E-state index in [4.69, 9.17) is 0 Å². The normalized spacial score (nSPS) is 23.7. The smallest absolute Gasteiger partial charge is 0.162 e. The van der Waals surface area contributed by atoms with Gasteiger partial charge in [-0.2, -0.15) is 0 Å². The minimum Gasteiger partial charge on any atom is -0.203 e. The van der Waals surface area contributed by atoms with Gasteiger partial charge >= 0.3 is 0 Å². The molecular weight excluding hydrogens is 390 g/mol. The number of hydrogen-bond acceptors (Lipinski definition) is 0. The Balaban J connectivity index is 1.32. The van der Waals surface area contributed by atoms with Gasteiger partial charge in [0, 0.05) is 8.80 Å². The average Bonchev–Trinajstić information content (AvgIpc) is 2.77. The second-order valence-corrected chi connectivity index (χ2v) is 13.1. The SMILES string of the molecule is CCCc1ccc(CCCCC2CCC(C3CC[Si](CCC)CC3)CC2)c(F)c1F. The lowest BCUT2D eigenvalue weighted by atomic mass is 9.73. The third-order valence-corrected chi connectivity index (χ3v) is 11.2. The van der Waals surface area contributed by atoms with Crippen molar-refractivity contribution in [1.29, 1.82) is 0 Å². The molecule has 1 heterocycles. The summed E-state index contributed by atoms with van der Waals surface area (Å²) in [5.41, 5.74) is 1.09. The van der Waals surface area contributed by atoms with Gasteiger partial charge in [-0.25, -0.2) is 8.78 Å². The summed E-state index contributed by atoms with van der Waals surface area (Å²) in [5, 5.41) is 0. The van der Waals surface area contributed by atoms with Crippen LogP contribution in [0.1, 0.15) is 95.6 Å². The third kappa shape index (κ3) is 6.65. The Hall–Kier alpha value is -0.703. The first-order chi connectivity index (χ1) is 14.6. The molecule has 0 unspecified atom stereocenters. The van der Waals surface area contributed by atoms with Crippen LogP contribution in [0.5, 0.6) is 0 Å². The minimum atomic E-state index is -0.613. The van der Waals surface area contributed by atoms with Gasteiger partial charge in [0.25, 0.3) is 0 Å². The predicted octanol–water partition coefficient (Wildman–Crippen LogP) is 8.75. The molecule has 0 N–H and O–H groups in total. The fourth-order valence-electron chi connectivity index (χ4n) is 6.11. The van der Waals surface area contributed by atoms with Crippen LogP contribution < -0.4 is 0 Å². The van der Waals surface area contributed by atoms with E-state index in [1.807, 2.05) is 13.0 Å². The molecule has 1 radical (unpaired) electrons. The lowest BCUT2D eigenvalue weighted by Gasteiger charge is -2.37. The fourth-order valence-corrected chi connectivity index (χ4v) is 9.12. The Morgan fingerprint density at radius 1 is 0.767 bits per heavy atom. The van der Waals surface area contributed by atoms with Crippen molar-refractivity contribution in [2.24, 2.45) is 17.8 Å². The summed E-state index contributed by atoms with van der Waals surface area (Å²) >= 11 is 0. The molecule has 0 bridgehead atoms. The van der Waals surface area contributed by atoms with Crippen LogP contribution in [0, 0.1) is 29.4 Å². The van der Waals surface area contributed by atoms with E-state index in [0.717, 1.165) is 37.0 Å². The molecule has 3 rings (SSSR count). The number of aryl methyl sites for hydroxylation is 2. The molecule has 1 aromatic rings. The zero-order chi connectivity index (χ0) is 21.3. The van der Waals surface area contributed by atoms with Gasteiger partial charge in [0.15, 0.2) is 11.6 Å². The summed E-state index contributed by atoms with van der Waals surface area (Å²) < 4.78 is 28.4. The Morgan fingerprint density at radius 2 is 1.37 bits per heavy atom. The minimum absolute atomic E-state index is 0.0215. The van der Waals surface area contributed by atoms with Gasteiger partial charge in [-0.3, -0.25) is 0 Å². The van der Waals surface area contributed by atoms with Crippen molar-refractivity contribution in [1.82, 2.24) is 0 Å². The van der Waals surface area contributed by atoms with Gasteiger partial charge in [-0.05, 0) is 61.0 Å². The molecule has 1 aromatic carbocycles. The maximum Gasteiger partial charge on any atom is 0.162 e. The molecule has 2 aliphatic rings. The first-order valence-corrected chi connectivity index (χ1v) is 15.0. The average molecular weight is 434 g/mol. The van der Waals surface area contributed by atoms with E-state index < -0.39 is 11.6 Å². The van der Waals surface area contributed by atoms with Gasteiger partial charge < -0.3 is 0 Å². The Kier molecular flexibility index (Phi) is 9.87. The van der Waals surface area contributed by atoms with Crippen molar-refractivity contribution >= 4 is 8.80 Å². The van der Waals surface area contributed by atoms with Crippen LogP contribution in [-0.4, -0.2) is 8.80 Å². The van der Waals surface area contributed by atoms with Gasteiger partial charge in [-0.15, -0.1) is 0 Å². The van der Waals surface area contributed by atoms with E-state index in [1.165, 1.54) is 51.4 Å². The van der Waals surface area contributed by atoms with Crippen LogP contribution in [0.15, 0.2) is 12.1 Å². The molecule has 1 aliphatic heterocycles. The first kappa shape index (κ1) is 23.9. The highest BCUT2D eigenvalue weighted by Gasteiger charge is 2.30. The topological polar surface area (TPSA) is 0 Å². The van der Waals surface area contributed by atoms with Crippen molar-refractivity contribution in [3.8, 4) is 0 Å². The van der Waals surface area contributed by atoms with E-state index >= 15 is 0 Å². The summed E-state index contributed by atoms with van der Waals surface area (Å²) in [5.74, 6) is 1.70. The third-order valence-electron chi connectivity index (χ3n) is 7.97. The molecule has 0 aromatic heterocycles. The number of benzene rings is 1. The lowest BCUT2D eigenvalue weighted by Crippen LogP contribution is -2.28. The zero-order valence-electron chi connectivity index (χ0n) is 19.5. The van der Waals surface area contributed by atoms with Gasteiger partial charge in [0.1, 0.15) is 0 Å². The maximum absolute atomic E-state index is 14.3. The molecule has 0 spiro atoms. The van der Waals surface area contributed by atoms with E-state index in [-0.39, 0.29) is 8.80 Å². The molecular formula is C27H43F2Si. The molecule has 1 aliphatic carbocycles. The number of unbranched alkanes of at least 4 members (excludes halogenated alkanes) is 1. The van der Waals surface area contributed by atoms with Crippen LogP contribution in [0.3, 0.4) is 0 Å². The summed E-state index contributed by atoms with van der Waals surface area (Å²) in [7, 11) is 0.0215. The Labute approximate surface area is 185 Å². The van der Waals surface area contributed by atoms with Gasteiger partial charge in [0.05, 0.1) is 0 Å². The van der Waals surface area contributed by atoms with Crippen LogP contribution in [0.25, 0.3) is 0 Å². The Morgan fingerprint density at radius 3 is 1.97 bits per heavy atom. The summed E-state index contributed by atoms with van der Waals surface area (Å²) in [6.07, 6.45) is 15.7. The van der Waals surface area contributed by atoms with E-state index in [1.54, 1.807) is 24.2 Å². The fraction of sp³-hybridized carbons (Fsp3) is 0.778. The monoisotopic (exact) mass is 433 g/mol. The second-order valence-electron chi connectivity index (χ2n) is 10.1. The Bertz CT molecular complexity index is 628. The van der Waals surface area contributed by atoms with Crippen molar-refractivity contribution < 1.29 is 8.78 Å². The highest BCUT2D eigenvalue weighted by atomic mass is 28.3. The second kappa shape index (κ2) is 12.4. The van der Waals surface area contributed by atoms with Crippen molar-refractivity contribution in [3.05, 3.63) is 34.9 Å². The van der Waals surface area contributed by atoms with Crippen molar-refractivity contribution in [2.75, 3.05) is 0 Å². The highest BCUT2D eigenvalue weighted by molar-refractivity contribution is 6.58. The molecule has 3 heteroatoms.